The van der Waals surface area contributed by atoms with Gasteiger partial charge in [0.05, 0.1) is 10.9 Å². The molecule has 1 amide bonds. The summed E-state index contributed by atoms with van der Waals surface area (Å²) in [6.45, 7) is 6.11. The molecule has 2 aromatic rings. The van der Waals surface area contributed by atoms with Crippen LogP contribution in [0.4, 0.5) is 5.69 Å². The minimum atomic E-state index is -0.321. The maximum absolute atomic E-state index is 12.6. The molecule has 1 unspecified atom stereocenters. The van der Waals surface area contributed by atoms with Gasteiger partial charge in [0.2, 0.25) is 5.91 Å². The second-order valence-electron chi connectivity index (χ2n) is 5.73. The van der Waals surface area contributed by atoms with Crippen LogP contribution in [0.5, 0.6) is 0 Å². The fraction of sp³-hybridized carbons (Fsp3) is 0.421. The molecule has 26 heavy (non-hydrogen) atoms. The average molecular weight is 392 g/mol. The van der Waals surface area contributed by atoms with Crippen LogP contribution in [0, 0.1) is 0 Å². The topological polar surface area (TPSA) is 74.8 Å². The minimum absolute atomic E-state index is 0.0854. The standard InChI is InChI=1S/C19H25N3O2S2/c1-4-13-7-9-14(10-8-13)20-18(24)16(5-2)26-19-21-15(12-25-6-3)11-17(23)22-19/h7-11,16H,4-6,12H2,1-3H3,(H,20,24)(H,21,22,23). The van der Waals surface area contributed by atoms with Crippen molar-refractivity contribution in [2.75, 3.05) is 11.1 Å². The molecule has 2 rings (SSSR count). The Hall–Kier alpha value is -1.73. The van der Waals surface area contributed by atoms with Crippen LogP contribution < -0.4 is 10.9 Å². The van der Waals surface area contributed by atoms with Crippen LogP contribution in [0.2, 0.25) is 0 Å². The number of rotatable bonds is 9. The number of carbonyl (C=O) groups excluding carboxylic acids is 1. The maximum atomic E-state index is 12.6. The van der Waals surface area contributed by atoms with Gasteiger partial charge in [-0.25, -0.2) is 4.98 Å². The maximum Gasteiger partial charge on any atom is 0.251 e. The summed E-state index contributed by atoms with van der Waals surface area (Å²) in [5, 5.41) is 3.12. The van der Waals surface area contributed by atoms with E-state index >= 15 is 0 Å². The van der Waals surface area contributed by atoms with E-state index < -0.39 is 0 Å². The first-order valence-corrected chi connectivity index (χ1v) is 10.8. The van der Waals surface area contributed by atoms with E-state index in [1.807, 2.05) is 31.2 Å². The summed E-state index contributed by atoms with van der Waals surface area (Å²) in [5.41, 5.74) is 2.57. The highest BCUT2D eigenvalue weighted by molar-refractivity contribution is 8.00. The van der Waals surface area contributed by atoms with Crippen molar-refractivity contribution in [1.29, 1.82) is 0 Å². The van der Waals surface area contributed by atoms with Gasteiger partial charge in [0.15, 0.2) is 5.16 Å². The number of amides is 1. The molecule has 0 aliphatic heterocycles. The van der Waals surface area contributed by atoms with Crippen molar-refractivity contribution in [3.63, 3.8) is 0 Å². The van der Waals surface area contributed by atoms with Gasteiger partial charge < -0.3 is 10.3 Å². The van der Waals surface area contributed by atoms with Crippen molar-refractivity contribution >= 4 is 35.1 Å². The lowest BCUT2D eigenvalue weighted by atomic mass is 10.1. The van der Waals surface area contributed by atoms with Crippen molar-refractivity contribution < 1.29 is 4.79 Å². The van der Waals surface area contributed by atoms with Crippen LogP contribution in [0.3, 0.4) is 0 Å². The normalized spacial score (nSPS) is 12.0. The second kappa shape index (κ2) is 10.4. The number of aromatic nitrogens is 2. The predicted octanol–water partition coefficient (Wildman–Crippen LogP) is 4.09. The van der Waals surface area contributed by atoms with Crippen LogP contribution in [-0.2, 0) is 17.0 Å². The summed E-state index contributed by atoms with van der Waals surface area (Å²) >= 11 is 3.01. The van der Waals surface area contributed by atoms with Gasteiger partial charge in [0, 0.05) is 17.5 Å². The number of thioether (sulfide) groups is 2. The first kappa shape index (κ1) is 20.6. The molecule has 1 aromatic heterocycles. The molecule has 0 spiro atoms. The Balaban J connectivity index is 2.06. The largest absolute Gasteiger partial charge is 0.325 e. The summed E-state index contributed by atoms with van der Waals surface area (Å²) in [7, 11) is 0. The van der Waals surface area contributed by atoms with Crippen LogP contribution in [-0.4, -0.2) is 26.9 Å². The van der Waals surface area contributed by atoms with Gasteiger partial charge >= 0.3 is 0 Å². The number of nitrogens with one attached hydrogen (secondary N) is 2. The highest BCUT2D eigenvalue weighted by atomic mass is 32.2. The molecule has 140 valence electrons. The number of benzene rings is 1. The van der Waals surface area contributed by atoms with E-state index in [9.17, 15) is 9.59 Å². The van der Waals surface area contributed by atoms with E-state index in [0.717, 1.165) is 23.6 Å². The molecule has 0 saturated heterocycles. The fourth-order valence-electron chi connectivity index (χ4n) is 2.32. The van der Waals surface area contributed by atoms with Crippen LogP contribution in [0.25, 0.3) is 0 Å². The van der Waals surface area contributed by atoms with Crippen molar-refractivity contribution in [1.82, 2.24) is 9.97 Å². The molecule has 0 aliphatic rings. The molecule has 1 atom stereocenters. The van der Waals surface area contributed by atoms with Gasteiger partial charge in [0.1, 0.15) is 0 Å². The Morgan fingerprint density at radius 2 is 1.96 bits per heavy atom. The predicted molar refractivity (Wildman–Crippen MR) is 111 cm³/mol. The molecule has 1 aromatic carbocycles. The van der Waals surface area contributed by atoms with Crippen molar-refractivity contribution in [3.05, 3.63) is 51.9 Å². The zero-order valence-electron chi connectivity index (χ0n) is 15.4. The van der Waals surface area contributed by atoms with Crippen molar-refractivity contribution in [2.24, 2.45) is 0 Å². The number of aryl methyl sites for hydroxylation is 1. The fourth-order valence-corrected chi connectivity index (χ4v) is 3.82. The smallest absolute Gasteiger partial charge is 0.251 e. The third kappa shape index (κ3) is 6.21. The molecule has 0 saturated carbocycles. The van der Waals surface area contributed by atoms with Gasteiger partial charge in [-0.15, -0.1) is 0 Å². The zero-order chi connectivity index (χ0) is 18.9. The molecule has 5 nitrogen and oxygen atoms in total. The third-order valence-corrected chi connectivity index (χ3v) is 5.93. The summed E-state index contributed by atoms with van der Waals surface area (Å²) < 4.78 is 0. The molecular formula is C19H25N3O2S2. The number of hydrogen-bond acceptors (Lipinski definition) is 5. The van der Waals surface area contributed by atoms with Gasteiger partial charge in [-0.05, 0) is 36.3 Å². The minimum Gasteiger partial charge on any atom is -0.325 e. The summed E-state index contributed by atoms with van der Waals surface area (Å²) in [6.07, 6.45) is 1.61. The number of anilines is 1. The van der Waals surface area contributed by atoms with Gasteiger partial charge in [-0.2, -0.15) is 11.8 Å². The summed E-state index contributed by atoms with van der Waals surface area (Å²) in [6, 6.07) is 9.37. The molecule has 0 bridgehead atoms. The molecule has 1 heterocycles. The van der Waals surface area contributed by atoms with Gasteiger partial charge in [-0.3, -0.25) is 9.59 Å². The van der Waals surface area contributed by atoms with E-state index in [4.69, 9.17) is 0 Å². The zero-order valence-corrected chi connectivity index (χ0v) is 17.0. The Bertz CT molecular complexity index is 775. The molecule has 2 N–H and O–H groups in total. The number of H-pyrrole nitrogens is 1. The Kier molecular flexibility index (Phi) is 8.25. The van der Waals surface area contributed by atoms with Crippen LogP contribution in [0.1, 0.15) is 38.4 Å². The van der Waals surface area contributed by atoms with E-state index in [2.05, 4.69) is 29.1 Å². The van der Waals surface area contributed by atoms with Gasteiger partial charge in [0.25, 0.3) is 5.56 Å². The number of aromatic amines is 1. The monoisotopic (exact) mass is 391 g/mol. The first-order chi connectivity index (χ1) is 12.5. The summed E-state index contributed by atoms with van der Waals surface area (Å²) in [5.74, 6) is 1.58. The number of carbonyl (C=O) groups is 1. The lowest BCUT2D eigenvalue weighted by Gasteiger charge is -2.14. The van der Waals surface area contributed by atoms with Gasteiger partial charge in [-0.1, -0.05) is 44.7 Å². The van der Waals surface area contributed by atoms with E-state index in [1.54, 1.807) is 11.8 Å². The molecule has 7 heteroatoms. The molecule has 0 radical (unpaired) electrons. The first-order valence-electron chi connectivity index (χ1n) is 8.80. The van der Waals surface area contributed by atoms with Crippen molar-refractivity contribution in [3.8, 4) is 0 Å². The SMILES string of the molecule is CCSCc1cc(=O)[nH]c(SC(CC)C(=O)Nc2ccc(CC)cc2)n1. The highest BCUT2D eigenvalue weighted by Crippen LogP contribution is 2.23. The lowest BCUT2D eigenvalue weighted by molar-refractivity contribution is -0.115. The Morgan fingerprint density at radius 1 is 1.23 bits per heavy atom. The second-order valence-corrected chi connectivity index (χ2v) is 8.20. The molecule has 0 aliphatic carbocycles. The van der Waals surface area contributed by atoms with Crippen LogP contribution in [0.15, 0.2) is 40.3 Å². The third-order valence-electron chi connectivity index (χ3n) is 3.77. The van der Waals surface area contributed by atoms with Crippen LogP contribution >= 0.6 is 23.5 Å². The van der Waals surface area contributed by atoms with E-state index in [-0.39, 0.29) is 16.7 Å². The van der Waals surface area contributed by atoms with Crippen molar-refractivity contribution in [2.45, 2.75) is 49.8 Å². The highest BCUT2D eigenvalue weighted by Gasteiger charge is 2.19. The van der Waals surface area contributed by atoms with E-state index in [0.29, 0.717) is 17.3 Å². The quantitative estimate of drug-likeness (QED) is 0.497. The number of hydrogen-bond donors (Lipinski definition) is 2. The lowest BCUT2D eigenvalue weighted by Crippen LogP contribution is -2.25. The molecular weight excluding hydrogens is 366 g/mol. The Labute approximate surface area is 162 Å². The Morgan fingerprint density at radius 3 is 2.58 bits per heavy atom. The average Bonchev–Trinajstić information content (AvgIpc) is 2.64. The molecule has 0 fully saturated rings. The summed E-state index contributed by atoms with van der Waals surface area (Å²) in [4.78, 5) is 31.6. The van der Waals surface area contributed by atoms with E-state index in [1.165, 1.54) is 23.4 Å². The number of nitrogens with zero attached hydrogens (tertiary/aromatic N) is 1.